The average molecular weight is 226 g/mol. The fourth-order valence-corrected chi connectivity index (χ4v) is 2.55. The zero-order valence-electron chi connectivity index (χ0n) is 11.6. The summed E-state index contributed by atoms with van der Waals surface area (Å²) in [4.78, 5) is 2.71. The molecule has 96 valence electrons. The van der Waals surface area contributed by atoms with Gasteiger partial charge in [0.05, 0.1) is 0 Å². The van der Waals surface area contributed by atoms with E-state index in [-0.39, 0.29) is 0 Å². The maximum atomic E-state index is 3.58. The van der Waals surface area contributed by atoms with E-state index in [1.165, 1.54) is 38.8 Å². The lowest BCUT2D eigenvalue weighted by molar-refractivity contribution is 0.189. The van der Waals surface area contributed by atoms with Crippen LogP contribution in [0.3, 0.4) is 0 Å². The molecule has 0 aromatic carbocycles. The Bertz CT molecular complexity index is 180. The molecule has 0 amide bonds. The first-order valence-electron chi connectivity index (χ1n) is 7.11. The van der Waals surface area contributed by atoms with Gasteiger partial charge < -0.3 is 5.32 Å². The van der Waals surface area contributed by atoms with E-state index < -0.39 is 0 Å². The smallest absolute Gasteiger partial charge is 0.0218 e. The molecule has 0 saturated carbocycles. The normalized spacial score (nSPS) is 25.7. The van der Waals surface area contributed by atoms with Gasteiger partial charge in [0, 0.05) is 18.6 Å². The van der Waals surface area contributed by atoms with Gasteiger partial charge in [-0.3, -0.25) is 4.90 Å². The molecule has 2 nitrogen and oxygen atoms in total. The lowest BCUT2D eigenvalue weighted by Gasteiger charge is -2.30. The van der Waals surface area contributed by atoms with Gasteiger partial charge in [0.15, 0.2) is 0 Å². The molecule has 2 heteroatoms. The summed E-state index contributed by atoms with van der Waals surface area (Å²) in [6.07, 6.45) is 5.47. The molecule has 1 heterocycles. The van der Waals surface area contributed by atoms with Crippen molar-refractivity contribution in [3.8, 4) is 0 Å². The number of likely N-dealkylation sites (tertiary alicyclic amines) is 1. The molecule has 16 heavy (non-hydrogen) atoms. The summed E-state index contributed by atoms with van der Waals surface area (Å²) < 4.78 is 0. The molecule has 0 aromatic heterocycles. The fourth-order valence-electron chi connectivity index (χ4n) is 2.55. The molecule has 1 N–H and O–H groups in total. The van der Waals surface area contributed by atoms with Crippen molar-refractivity contribution in [2.45, 2.75) is 65.5 Å². The molecular formula is C14H30N2. The Balaban J connectivity index is 2.38. The van der Waals surface area contributed by atoms with Crippen LogP contribution in [0, 0.1) is 5.92 Å². The quantitative estimate of drug-likeness (QED) is 0.775. The van der Waals surface area contributed by atoms with Gasteiger partial charge in [0.2, 0.25) is 0 Å². The van der Waals surface area contributed by atoms with E-state index in [1.807, 2.05) is 0 Å². The zero-order valence-corrected chi connectivity index (χ0v) is 11.6. The van der Waals surface area contributed by atoms with Crippen molar-refractivity contribution in [2.24, 2.45) is 5.92 Å². The number of nitrogens with zero attached hydrogens (tertiary/aromatic N) is 1. The second-order valence-corrected chi connectivity index (χ2v) is 5.70. The molecule has 0 aromatic rings. The topological polar surface area (TPSA) is 15.3 Å². The minimum Gasteiger partial charge on any atom is -0.313 e. The molecule has 1 fully saturated rings. The molecule has 0 bridgehead atoms. The third-order valence-corrected chi connectivity index (χ3v) is 3.80. The van der Waals surface area contributed by atoms with Gasteiger partial charge in [-0.15, -0.1) is 0 Å². The molecule has 2 atom stereocenters. The summed E-state index contributed by atoms with van der Waals surface area (Å²) >= 11 is 0. The van der Waals surface area contributed by atoms with Crippen LogP contribution in [0.25, 0.3) is 0 Å². The van der Waals surface area contributed by atoms with Crippen LogP contribution in [0.1, 0.15) is 53.4 Å². The number of hydrogen-bond acceptors (Lipinski definition) is 2. The van der Waals surface area contributed by atoms with Crippen LogP contribution < -0.4 is 5.32 Å². The molecular weight excluding hydrogens is 196 g/mol. The highest BCUT2D eigenvalue weighted by Gasteiger charge is 2.20. The van der Waals surface area contributed by atoms with Gasteiger partial charge in [-0.25, -0.2) is 0 Å². The van der Waals surface area contributed by atoms with Gasteiger partial charge in [-0.1, -0.05) is 27.7 Å². The number of nitrogens with one attached hydrogen (secondary N) is 1. The van der Waals surface area contributed by atoms with Crippen molar-refractivity contribution < 1.29 is 0 Å². The molecule has 0 spiro atoms. The van der Waals surface area contributed by atoms with Crippen molar-refractivity contribution >= 4 is 0 Å². The third kappa shape index (κ3) is 4.84. The predicted molar refractivity (Wildman–Crippen MR) is 71.8 cm³/mol. The fraction of sp³-hybridized carbons (Fsp3) is 1.00. The van der Waals surface area contributed by atoms with E-state index >= 15 is 0 Å². The second-order valence-electron chi connectivity index (χ2n) is 5.70. The first kappa shape index (κ1) is 14.0. The van der Waals surface area contributed by atoms with Gasteiger partial charge >= 0.3 is 0 Å². The van der Waals surface area contributed by atoms with Gasteiger partial charge in [0.1, 0.15) is 0 Å². The molecule has 0 aliphatic carbocycles. The largest absolute Gasteiger partial charge is 0.313 e. The van der Waals surface area contributed by atoms with Crippen LogP contribution in [-0.4, -0.2) is 36.6 Å². The highest BCUT2D eigenvalue weighted by molar-refractivity contribution is 4.77. The first-order chi connectivity index (χ1) is 7.63. The van der Waals surface area contributed by atoms with Gasteiger partial charge in [-0.05, 0) is 44.7 Å². The summed E-state index contributed by atoms with van der Waals surface area (Å²) in [6.45, 7) is 13.0. The van der Waals surface area contributed by atoms with Crippen molar-refractivity contribution in [1.82, 2.24) is 10.2 Å². The van der Waals surface area contributed by atoms with Crippen LogP contribution in [0.15, 0.2) is 0 Å². The highest BCUT2D eigenvalue weighted by Crippen LogP contribution is 2.18. The van der Waals surface area contributed by atoms with Crippen LogP contribution in [-0.2, 0) is 0 Å². The summed E-state index contributed by atoms with van der Waals surface area (Å²) in [6, 6.07) is 1.35. The van der Waals surface area contributed by atoms with E-state index in [9.17, 15) is 0 Å². The Hall–Kier alpha value is -0.0800. The summed E-state index contributed by atoms with van der Waals surface area (Å²) in [5.41, 5.74) is 0. The zero-order chi connectivity index (χ0) is 12.0. The van der Waals surface area contributed by atoms with Crippen molar-refractivity contribution in [2.75, 3.05) is 19.6 Å². The molecule has 1 saturated heterocycles. The van der Waals surface area contributed by atoms with E-state index in [4.69, 9.17) is 0 Å². The summed E-state index contributed by atoms with van der Waals surface area (Å²) in [5.74, 6) is 0.931. The minimum atomic E-state index is 0.611. The average Bonchev–Trinajstić information content (AvgIpc) is 2.44. The Morgan fingerprint density at radius 2 is 2.00 bits per heavy atom. The molecule has 1 aliphatic heterocycles. The third-order valence-electron chi connectivity index (χ3n) is 3.80. The molecule has 1 aliphatic rings. The standard InChI is InChI=1S/C14H30N2/c1-5-14(11-15-12(2)3)16-9-6-7-13(4)8-10-16/h12-15H,5-11H2,1-4H3. The molecule has 2 unspecified atom stereocenters. The first-order valence-corrected chi connectivity index (χ1v) is 7.11. The van der Waals surface area contributed by atoms with Crippen molar-refractivity contribution in [3.63, 3.8) is 0 Å². The van der Waals surface area contributed by atoms with Crippen LogP contribution in [0.4, 0.5) is 0 Å². The van der Waals surface area contributed by atoms with Crippen molar-refractivity contribution in [3.05, 3.63) is 0 Å². The number of rotatable bonds is 5. The summed E-state index contributed by atoms with van der Waals surface area (Å²) in [5, 5.41) is 3.58. The molecule has 1 rings (SSSR count). The highest BCUT2D eigenvalue weighted by atomic mass is 15.2. The van der Waals surface area contributed by atoms with E-state index in [0.29, 0.717) is 6.04 Å². The maximum absolute atomic E-state index is 3.58. The van der Waals surface area contributed by atoms with Crippen molar-refractivity contribution in [1.29, 1.82) is 0 Å². The Labute approximate surface area is 102 Å². The van der Waals surface area contributed by atoms with E-state index in [0.717, 1.165) is 18.5 Å². The lowest BCUT2D eigenvalue weighted by Crippen LogP contribution is -2.44. The van der Waals surface area contributed by atoms with Crippen LogP contribution in [0.5, 0.6) is 0 Å². The SMILES string of the molecule is CCC(CNC(C)C)N1CCCC(C)CC1. The predicted octanol–water partition coefficient (Wildman–Crippen LogP) is 2.89. The maximum Gasteiger partial charge on any atom is 0.0218 e. The lowest BCUT2D eigenvalue weighted by atomic mass is 10.0. The van der Waals surface area contributed by atoms with Gasteiger partial charge in [-0.2, -0.15) is 0 Å². The minimum absolute atomic E-state index is 0.611. The summed E-state index contributed by atoms with van der Waals surface area (Å²) in [7, 11) is 0. The van der Waals surface area contributed by atoms with Crippen LogP contribution >= 0.6 is 0 Å². The van der Waals surface area contributed by atoms with Crippen LogP contribution in [0.2, 0.25) is 0 Å². The van der Waals surface area contributed by atoms with E-state index in [1.54, 1.807) is 0 Å². The Morgan fingerprint density at radius 3 is 2.62 bits per heavy atom. The second kappa shape index (κ2) is 7.29. The monoisotopic (exact) mass is 226 g/mol. The van der Waals surface area contributed by atoms with Gasteiger partial charge in [0.25, 0.3) is 0 Å². The Kier molecular flexibility index (Phi) is 6.37. The molecule has 0 radical (unpaired) electrons. The van der Waals surface area contributed by atoms with E-state index in [2.05, 4.69) is 37.9 Å². The Morgan fingerprint density at radius 1 is 1.25 bits per heavy atom. The number of hydrogen-bond donors (Lipinski definition) is 1.